The van der Waals surface area contributed by atoms with Crippen LogP contribution in [0.25, 0.3) is 0 Å². The molecule has 1 fully saturated rings. The average Bonchev–Trinajstić information content (AvgIpc) is 3.09. The molecule has 0 radical (unpaired) electrons. The Balaban J connectivity index is 2.32. The molecule has 0 saturated heterocycles. The summed E-state index contributed by atoms with van der Waals surface area (Å²) >= 11 is 0. The van der Waals surface area contributed by atoms with Crippen LogP contribution < -0.4 is 0 Å². The second-order valence-electron chi connectivity index (χ2n) is 4.21. The highest BCUT2D eigenvalue weighted by molar-refractivity contribution is 5.86. The molecule has 18 heavy (non-hydrogen) atoms. The monoisotopic (exact) mass is 259 g/mol. The number of rotatable bonds is 3. The standard InChI is InChI=1S/C12H12F3NO2/c1-2-18-10(17)11(6-7-11)8-4-3-5-9(16-8)12(13,14)15/h3-5H,2,6-7H2,1H3. The van der Waals surface area contributed by atoms with Gasteiger partial charge < -0.3 is 4.74 Å². The molecule has 0 unspecified atom stereocenters. The number of halogens is 3. The van der Waals surface area contributed by atoms with E-state index in [1.165, 1.54) is 12.1 Å². The van der Waals surface area contributed by atoms with Gasteiger partial charge in [0.1, 0.15) is 11.1 Å². The van der Waals surface area contributed by atoms with Gasteiger partial charge in [-0.05, 0) is 31.9 Å². The molecular weight excluding hydrogens is 247 g/mol. The normalized spacial score (nSPS) is 17.3. The quantitative estimate of drug-likeness (QED) is 0.783. The van der Waals surface area contributed by atoms with E-state index in [1.807, 2.05) is 0 Å². The van der Waals surface area contributed by atoms with Crippen LogP contribution in [0.2, 0.25) is 0 Å². The lowest BCUT2D eigenvalue weighted by Gasteiger charge is -2.14. The van der Waals surface area contributed by atoms with Gasteiger partial charge in [-0.2, -0.15) is 13.2 Å². The summed E-state index contributed by atoms with van der Waals surface area (Å²) in [7, 11) is 0. The first-order chi connectivity index (χ1) is 8.40. The minimum Gasteiger partial charge on any atom is -0.465 e. The van der Waals surface area contributed by atoms with Crippen LogP contribution in [0.5, 0.6) is 0 Å². The smallest absolute Gasteiger partial charge is 0.433 e. The largest absolute Gasteiger partial charge is 0.465 e. The summed E-state index contributed by atoms with van der Waals surface area (Å²) in [6.07, 6.45) is -3.53. The Kier molecular flexibility index (Phi) is 3.04. The number of pyridine rings is 1. The van der Waals surface area contributed by atoms with Crippen molar-refractivity contribution in [2.45, 2.75) is 31.4 Å². The Hall–Kier alpha value is -1.59. The van der Waals surface area contributed by atoms with E-state index in [9.17, 15) is 18.0 Å². The summed E-state index contributed by atoms with van der Waals surface area (Å²) in [5.74, 6) is -0.489. The van der Waals surface area contributed by atoms with Gasteiger partial charge in [-0.25, -0.2) is 4.98 Å². The van der Waals surface area contributed by atoms with Crippen molar-refractivity contribution in [3.63, 3.8) is 0 Å². The van der Waals surface area contributed by atoms with Crippen LogP contribution in [-0.2, 0) is 21.1 Å². The van der Waals surface area contributed by atoms with Crippen LogP contribution in [0.15, 0.2) is 18.2 Å². The highest BCUT2D eigenvalue weighted by atomic mass is 19.4. The summed E-state index contributed by atoms with van der Waals surface area (Å²) in [6.45, 7) is 1.87. The molecule has 0 bridgehead atoms. The van der Waals surface area contributed by atoms with Crippen molar-refractivity contribution in [1.29, 1.82) is 0 Å². The number of aromatic nitrogens is 1. The van der Waals surface area contributed by atoms with Gasteiger partial charge in [-0.1, -0.05) is 6.07 Å². The maximum atomic E-state index is 12.5. The molecule has 0 N–H and O–H groups in total. The van der Waals surface area contributed by atoms with Crippen molar-refractivity contribution in [2.75, 3.05) is 6.61 Å². The lowest BCUT2D eigenvalue weighted by molar-refractivity contribution is -0.147. The molecule has 6 heteroatoms. The first-order valence-electron chi connectivity index (χ1n) is 5.62. The SMILES string of the molecule is CCOC(=O)C1(c2cccc(C(F)(F)F)n2)CC1. The maximum Gasteiger partial charge on any atom is 0.433 e. The number of carbonyl (C=O) groups is 1. The molecule has 3 nitrogen and oxygen atoms in total. The maximum absolute atomic E-state index is 12.5. The Morgan fingerprint density at radius 3 is 2.61 bits per heavy atom. The predicted octanol–water partition coefficient (Wildman–Crippen LogP) is 2.70. The lowest BCUT2D eigenvalue weighted by atomic mass is 10.0. The number of hydrogen-bond donors (Lipinski definition) is 0. The Morgan fingerprint density at radius 1 is 1.44 bits per heavy atom. The molecule has 1 aliphatic rings. The number of alkyl halides is 3. The molecule has 1 aromatic heterocycles. The third-order valence-electron chi connectivity index (χ3n) is 2.95. The molecular formula is C12H12F3NO2. The summed E-state index contributed by atoms with van der Waals surface area (Å²) in [4.78, 5) is 15.3. The van der Waals surface area contributed by atoms with Crippen molar-refractivity contribution in [3.05, 3.63) is 29.6 Å². The van der Waals surface area contributed by atoms with E-state index >= 15 is 0 Å². The summed E-state index contributed by atoms with van der Waals surface area (Å²) in [6, 6.07) is 3.61. The number of carbonyl (C=O) groups excluding carboxylic acids is 1. The first-order valence-corrected chi connectivity index (χ1v) is 5.62. The third kappa shape index (κ3) is 2.19. The Labute approximate surface area is 102 Å². The van der Waals surface area contributed by atoms with Gasteiger partial charge >= 0.3 is 12.1 Å². The van der Waals surface area contributed by atoms with E-state index in [1.54, 1.807) is 6.92 Å². The topological polar surface area (TPSA) is 39.2 Å². The Bertz CT molecular complexity index is 467. The van der Waals surface area contributed by atoms with Crippen LogP contribution in [0.3, 0.4) is 0 Å². The number of esters is 1. The van der Waals surface area contributed by atoms with Crippen LogP contribution in [0, 0.1) is 0 Å². The zero-order valence-corrected chi connectivity index (χ0v) is 9.75. The zero-order chi connectivity index (χ0) is 13.4. The molecule has 1 aromatic rings. The van der Waals surface area contributed by atoms with E-state index < -0.39 is 23.3 Å². The van der Waals surface area contributed by atoms with Gasteiger partial charge in [0.05, 0.1) is 12.3 Å². The fraction of sp³-hybridized carbons (Fsp3) is 0.500. The van der Waals surface area contributed by atoms with E-state index in [0.29, 0.717) is 12.8 Å². The van der Waals surface area contributed by atoms with Gasteiger partial charge in [0, 0.05) is 0 Å². The molecule has 1 aliphatic carbocycles. The summed E-state index contributed by atoms with van der Waals surface area (Å²) in [5.41, 5.74) is -1.79. The van der Waals surface area contributed by atoms with Gasteiger partial charge in [0.15, 0.2) is 0 Å². The number of ether oxygens (including phenoxy) is 1. The summed E-state index contributed by atoms with van der Waals surface area (Å²) in [5, 5.41) is 0. The molecule has 0 aromatic carbocycles. The molecule has 0 atom stereocenters. The van der Waals surface area contributed by atoms with Crippen molar-refractivity contribution in [2.24, 2.45) is 0 Å². The fourth-order valence-electron chi connectivity index (χ4n) is 1.82. The molecule has 98 valence electrons. The molecule has 0 spiro atoms. The van der Waals surface area contributed by atoms with E-state index in [4.69, 9.17) is 4.74 Å². The van der Waals surface area contributed by atoms with E-state index in [-0.39, 0.29) is 12.3 Å². The van der Waals surface area contributed by atoms with Crippen LogP contribution >= 0.6 is 0 Å². The zero-order valence-electron chi connectivity index (χ0n) is 9.75. The van der Waals surface area contributed by atoms with E-state index in [2.05, 4.69) is 4.98 Å². The molecule has 2 rings (SSSR count). The number of hydrogen-bond acceptors (Lipinski definition) is 3. The highest BCUT2D eigenvalue weighted by Gasteiger charge is 2.54. The second-order valence-corrected chi connectivity index (χ2v) is 4.21. The van der Waals surface area contributed by atoms with Gasteiger partial charge in [0.25, 0.3) is 0 Å². The second kappa shape index (κ2) is 4.26. The highest BCUT2D eigenvalue weighted by Crippen LogP contribution is 2.48. The number of nitrogens with zero attached hydrogens (tertiary/aromatic N) is 1. The van der Waals surface area contributed by atoms with Crippen molar-refractivity contribution < 1.29 is 22.7 Å². The minimum atomic E-state index is -4.50. The first kappa shape index (κ1) is 12.9. The Morgan fingerprint density at radius 2 is 2.11 bits per heavy atom. The minimum absolute atomic E-state index is 0.149. The van der Waals surface area contributed by atoms with Crippen LogP contribution in [0.4, 0.5) is 13.2 Å². The van der Waals surface area contributed by atoms with Gasteiger partial charge in [0.2, 0.25) is 0 Å². The van der Waals surface area contributed by atoms with Gasteiger partial charge in [-0.3, -0.25) is 4.79 Å². The van der Waals surface area contributed by atoms with Crippen molar-refractivity contribution in [3.8, 4) is 0 Å². The van der Waals surface area contributed by atoms with Crippen LogP contribution in [-0.4, -0.2) is 17.6 Å². The van der Waals surface area contributed by atoms with E-state index in [0.717, 1.165) is 6.07 Å². The molecule has 0 aliphatic heterocycles. The summed E-state index contributed by atoms with van der Waals surface area (Å²) < 4.78 is 42.5. The van der Waals surface area contributed by atoms with Gasteiger partial charge in [-0.15, -0.1) is 0 Å². The average molecular weight is 259 g/mol. The van der Waals surface area contributed by atoms with Crippen molar-refractivity contribution >= 4 is 5.97 Å². The molecule has 1 saturated carbocycles. The van der Waals surface area contributed by atoms with Crippen LogP contribution in [0.1, 0.15) is 31.2 Å². The lowest BCUT2D eigenvalue weighted by Crippen LogP contribution is -2.25. The molecule has 0 amide bonds. The van der Waals surface area contributed by atoms with Crippen molar-refractivity contribution in [1.82, 2.24) is 4.98 Å². The fourth-order valence-corrected chi connectivity index (χ4v) is 1.82. The third-order valence-corrected chi connectivity index (χ3v) is 2.95. The molecule has 1 heterocycles. The predicted molar refractivity (Wildman–Crippen MR) is 56.8 cm³/mol.